The highest BCUT2D eigenvalue weighted by Crippen LogP contribution is 2.09. The van der Waals surface area contributed by atoms with Crippen molar-refractivity contribution in [3.8, 4) is 0 Å². The van der Waals surface area contributed by atoms with Gasteiger partial charge in [0, 0.05) is 17.6 Å². The number of amides is 1. The summed E-state index contributed by atoms with van der Waals surface area (Å²) < 4.78 is 0.714. The predicted molar refractivity (Wildman–Crippen MR) is 49.1 cm³/mol. The Morgan fingerprint density at radius 3 is 2.92 bits per heavy atom. The fourth-order valence-electron chi connectivity index (χ4n) is 0.740. The van der Waals surface area contributed by atoms with E-state index in [4.69, 9.17) is 0 Å². The van der Waals surface area contributed by atoms with E-state index in [1.807, 2.05) is 0 Å². The van der Waals surface area contributed by atoms with E-state index in [9.17, 15) is 9.59 Å². The molecule has 1 aromatic rings. The van der Waals surface area contributed by atoms with Crippen molar-refractivity contribution in [3.05, 3.63) is 27.1 Å². The molecule has 0 bridgehead atoms. The van der Waals surface area contributed by atoms with Gasteiger partial charge in [-0.1, -0.05) is 0 Å². The number of aromatic amines is 1. The predicted octanol–water partition coefficient (Wildman–Crippen LogP) is 1.10. The van der Waals surface area contributed by atoms with Gasteiger partial charge in [0.1, 0.15) is 5.69 Å². The van der Waals surface area contributed by atoms with Crippen LogP contribution in [0.3, 0.4) is 0 Å². The minimum absolute atomic E-state index is 0.247. The van der Waals surface area contributed by atoms with Gasteiger partial charge in [-0.3, -0.25) is 9.59 Å². The molecule has 0 atom stereocenters. The molecule has 64 valence electrons. The second kappa shape index (κ2) is 3.53. The maximum absolute atomic E-state index is 11.0. The average Bonchev–Trinajstić information content (AvgIpc) is 1.96. The van der Waals surface area contributed by atoms with Crippen LogP contribution in [0.1, 0.15) is 6.92 Å². The molecule has 0 aromatic carbocycles. The Hall–Kier alpha value is -1.10. The number of hydrogen-bond acceptors (Lipinski definition) is 2. The van der Waals surface area contributed by atoms with Gasteiger partial charge in [-0.2, -0.15) is 0 Å². The van der Waals surface area contributed by atoms with Crippen molar-refractivity contribution in [1.29, 1.82) is 0 Å². The Bertz CT molecular complexity index is 359. The van der Waals surface area contributed by atoms with Gasteiger partial charge >= 0.3 is 0 Å². The summed E-state index contributed by atoms with van der Waals surface area (Å²) in [6, 6.07) is 1.54. The summed E-state index contributed by atoms with van der Waals surface area (Å²) in [5.74, 6) is -0.265. The fraction of sp³-hybridized carbons (Fsp3) is 0.143. The Morgan fingerprint density at radius 2 is 2.33 bits per heavy atom. The lowest BCUT2D eigenvalue weighted by Crippen LogP contribution is -2.16. The van der Waals surface area contributed by atoms with Crippen molar-refractivity contribution < 1.29 is 4.79 Å². The van der Waals surface area contributed by atoms with Crippen molar-refractivity contribution in [2.75, 3.05) is 5.32 Å². The summed E-state index contributed by atoms with van der Waals surface area (Å²) in [7, 11) is 0. The quantitative estimate of drug-likeness (QED) is 0.759. The second-order valence-corrected chi connectivity index (χ2v) is 3.16. The number of anilines is 1. The van der Waals surface area contributed by atoms with Gasteiger partial charge in [0.05, 0.1) is 0 Å². The number of H-pyrrole nitrogens is 1. The van der Waals surface area contributed by atoms with Crippen LogP contribution in [0, 0.1) is 0 Å². The molecule has 1 rings (SSSR count). The molecule has 4 nitrogen and oxygen atoms in total. The normalized spacial score (nSPS) is 9.50. The van der Waals surface area contributed by atoms with E-state index in [0.29, 0.717) is 4.47 Å². The molecule has 0 aliphatic rings. The van der Waals surface area contributed by atoms with Gasteiger partial charge in [-0.05, 0) is 22.0 Å². The van der Waals surface area contributed by atoms with Crippen LogP contribution in [0.4, 0.5) is 5.69 Å². The molecule has 0 saturated heterocycles. The van der Waals surface area contributed by atoms with Gasteiger partial charge in [-0.15, -0.1) is 0 Å². The molecule has 1 aromatic heterocycles. The van der Waals surface area contributed by atoms with E-state index in [2.05, 4.69) is 26.2 Å². The summed E-state index contributed by atoms with van der Waals surface area (Å²) in [5, 5.41) is 2.40. The van der Waals surface area contributed by atoms with Crippen molar-refractivity contribution in [1.82, 2.24) is 4.98 Å². The van der Waals surface area contributed by atoms with Crippen LogP contribution in [-0.4, -0.2) is 10.9 Å². The maximum atomic E-state index is 11.0. The number of halogens is 1. The molecule has 1 heterocycles. The number of nitrogens with one attached hydrogen (secondary N) is 2. The number of hydrogen-bond donors (Lipinski definition) is 2. The Labute approximate surface area is 77.1 Å². The van der Waals surface area contributed by atoms with Gasteiger partial charge in [-0.25, -0.2) is 0 Å². The molecular formula is C7H7BrN2O2. The maximum Gasteiger partial charge on any atom is 0.271 e. The first-order valence-corrected chi connectivity index (χ1v) is 4.04. The summed E-state index contributed by atoms with van der Waals surface area (Å²) in [5.41, 5.74) is -0.0646. The summed E-state index contributed by atoms with van der Waals surface area (Å²) in [4.78, 5) is 24.1. The lowest BCUT2D eigenvalue weighted by molar-refractivity contribution is -0.114. The smallest absolute Gasteiger partial charge is 0.271 e. The number of aromatic nitrogens is 1. The zero-order valence-electron chi connectivity index (χ0n) is 6.35. The van der Waals surface area contributed by atoms with E-state index in [1.54, 1.807) is 6.07 Å². The van der Waals surface area contributed by atoms with Crippen molar-refractivity contribution in [2.24, 2.45) is 0 Å². The van der Waals surface area contributed by atoms with E-state index in [1.165, 1.54) is 13.1 Å². The van der Waals surface area contributed by atoms with Crippen LogP contribution in [0.2, 0.25) is 0 Å². The zero-order chi connectivity index (χ0) is 9.14. The van der Waals surface area contributed by atoms with Crippen LogP contribution in [0.5, 0.6) is 0 Å². The summed E-state index contributed by atoms with van der Waals surface area (Å²) >= 11 is 3.16. The summed E-state index contributed by atoms with van der Waals surface area (Å²) in [6.07, 6.45) is 1.51. The van der Waals surface area contributed by atoms with Crippen molar-refractivity contribution in [3.63, 3.8) is 0 Å². The standard InChI is InChI=1S/C7H7BrN2O2/c1-4(11)10-6-2-5(8)3-9-7(6)12/h2-3H,1H3,(H,9,12)(H,10,11). The molecule has 0 fully saturated rings. The van der Waals surface area contributed by atoms with Crippen molar-refractivity contribution >= 4 is 27.5 Å². The average molecular weight is 231 g/mol. The zero-order valence-corrected chi connectivity index (χ0v) is 7.94. The highest BCUT2D eigenvalue weighted by atomic mass is 79.9. The number of carbonyl (C=O) groups is 1. The molecule has 0 saturated carbocycles. The first-order valence-electron chi connectivity index (χ1n) is 3.25. The first kappa shape index (κ1) is 8.99. The van der Waals surface area contributed by atoms with Crippen LogP contribution in [0.15, 0.2) is 21.5 Å². The Balaban J connectivity index is 3.06. The largest absolute Gasteiger partial charge is 0.326 e. The number of rotatable bonds is 1. The highest BCUT2D eigenvalue weighted by molar-refractivity contribution is 9.10. The van der Waals surface area contributed by atoms with Crippen LogP contribution in [0.25, 0.3) is 0 Å². The third-order valence-electron chi connectivity index (χ3n) is 1.18. The van der Waals surface area contributed by atoms with Gasteiger partial charge in [0.25, 0.3) is 5.56 Å². The SMILES string of the molecule is CC(=O)Nc1cc(Br)c[nH]c1=O. The van der Waals surface area contributed by atoms with E-state index < -0.39 is 0 Å². The molecule has 0 radical (unpaired) electrons. The Kier molecular flexibility index (Phi) is 2.65. The van der Waals surface area contributed by atoms with E-state index in [-0.39, 0.29) is 17.2 Å². The van der Waals surface area contributed by atoms with Gasteiger partial charge in [0.15, 0.2) is 0 Å². The van der Waals surface area contributed by atoms with E-state index in [0.717, 1.165) is 0 Å². The molecule has 1 amide bonds. The highest BCUT2D eigenvalue weighted by Gasteiger charge is 2.00. The third kappa shape index (κ3) is 2.20. The van der Waals surface area contributed by atoms with Crippen LogP contribution in [-0.2, 0) is 4.79 Å². The molecule has 0 unspecified atom stereocenters. The molecule has 2 N–H and O–H groups in total. The van der Waals surface area contributed by atoms with Crippen molar-refractivity contribution in [2.45, 2.75) is 6.92 Å². The van der Waals surface area contributed by atoms with Crippen LogP contribution < -0.4 is 10.9 Å². The fourth-order valence-corrected chi connectivity index (χ4v) is 1.08. The monoisotopic (exact) mass is 230 g/mol. The molecule has 0 spiro atoms. The van der Waals surface area contributed by atoms with Crippen LogP contribution >= 0.6 is 15.9 Å². The first-order chi connectivity index (χ1) is 5.59. The molecule has 0 aliphatic heterocycles. The molecule has 5 heteroatoms. The molecular weight excluding hydrogens is 224 g/mol. The lowest BCUT2D eigenvalue weighted by Gasteiger charge is -1.99. The topological polar surface area (TPSA) is 62.0 Å². The molecule has 12 heavy (non-hydrogen) atoms. The lowest BCUT2D eigenvalue weighted by atomic mass is 10.4. The Morgan fingerprint density at radius 1 is 1.67 bits per heavy atom. The third-order valence-corrected chi connectivity index (χ3v) is 1.64. The number of carbonyl (C=O) groups excluding carboxylic acids is 1. The van der Waals surface area contributed by atoms with Gasteiger partial charge in [0.2, 0.25) is 5.91 Å². The molecule has 0 aliphatic carbocycles. The van der Waals surface area contributed by atoms with E-state index >= 15 is 0 Å². The summed E-state index contributed by atoms with van der Waals surface area (Å²) in [6.45, 7) is 1.35. The number of pyridine rings is 1. The minimum atomic E-state index is -0.312. The second-order valence-electron chi connectivity index (χ2n) is 2.24. The van der Waals surface area contributed by atoms with Gasteiger partial charge < -0.3 is 10.3 Å². The minimum Gasteiger partial charge on any atom is -0.326 e.